The fourth-order valence-electron chi connectivity index (χ4n) is 0.909. The van der Waals surface area contributed by atoms with E-state index in [-0.39, 0.29) is 0 Å². The first kappa shape index (κ1) is 5.40. The van der Waals surface area contributed by atoms with Crippen LogP contribution in [0.3, 0.4) is 0 Å². The van der Waals surface area contributed by atoms with Crippen LogP contribution >= 0.6 is 0 Å². The molecule has 2 heteroatoms. The topological polar surface area (TPSA) is 0 Å². The minimum absolute atomic E-state index is 0.585. The quantitative estimate of drug-likeness (QED) is 0.467. The van der Waals surface area contributed by atoms with Crippen LogP contribution in [0.25, 0.3) is 0 Å². The summed E-state index contributed by atoms with van der Waals surface area (Å²) >= 11 is -3.85. The number of hydrogen-bond donors (Lipinski definition) is 0. The fourth-order valence-corrected chi connectivity index (χ4v) is 1.26. The molecule has 1 rings (SSSR count). The number of nitrogens with zero attached hydrogens (tertiary/aromatic N) is 1. The summed E-state index contributed by atoms with van der Waals surface area (Å²) in [6.45, 7) is 0. The number of hydrogen-bond acceptors (Lipinski definition) is 0. The van der Waals surface area contributed by atoms with Crippen molar-refractivity contribution in [3.63, 3.8) is 0 Å². The molecule has 0 N–H and O–H groups in total. The zero-order chi connectivity index (χ0) is 11.0. The molecule has 11 heavy (non-hydrogen) atoms. The molecule has 0 bridgehead atoms. The predicted octanol–water partition coefficient (Wildman–Crippen LogP) is -0.394. The summed E-state index contributed by atoms with van der Waals surface area (Å²) in [4.78, 5) is 0. The molecule has 1 aromatic carbocycles. The van der Waals surface area contributed by atoms with E-state index in [4.69, 9.17) is 2.73 Å². The predicted molar refractivity (Wildman–Crippen MR) is 57.0 cm³/mol. The molecule has 1 aromatic rings. The summed E-state index contributed by atoms with van der Waals surface area (Å²) in [5.41, 5.74) is 1.13. The first-order valence-corrected chi connectivity index (χ1v) is 4.69. The van der Waals surface area contributed by atoms with Gasteiger partial charge in [0.2, 0.25) is 0 Å². The van der Waals surface area contributed by atoms with Gasteiger partial charge in [0.1, 0.15) is 0 Å². The zero-order valence-electron chi connectivity index (χ0n) is 10.3. The van der Waals surface area contributed by atoms with Crippen LogP contribution in [-0.4, -0.2) is 40.3 Å². The molecule has 0 saturated heterocycles. The second kappa shape index (κ2) is 3.00. The van der Waals surface area contributed by atoms with Crippen molar-refractivity contribution in [2.75, 3.05) is 21.1 Å². The van der Waals surface area contributed by atoms with Crippen LogP contribution in [0.2, 0.25) is 0 Å². The monoisotopic (exact) mass is 217 g/mol. The van der Waals surface area contributed by atoms with Gasteiger partial charge >= 0.3 is 79.1 Å². The SMILES string of the molecule is [2H][AsH]([2H])([2H])c1ccc([N+](C)(C)C)cc1. The molecule has 62 valence electrons. The van der Waals surface area contributed by atoms with Crippen molar-refractivity contribution in [2.45, 2.75) is 0 Å². The molecular weight excluding hydrogens is 197 g/mol. The van der Waals surface area contributed by atoms with Gasteiger partial charge < -0.3 is 0 Å². The van der Waals surface area contributed by atoms with Crippen molar-refractivity contribution < 1.29 is 0 Å². The molecule has 0 fully saturated rings. The van der Waals surface area contributed by atoms with Gasteiger partial charge in [-0.2, -0.15) is 0 Å². The summed E-state index contributed by atoms with van der Waals surface area (Å²) in [7, 11) is 6.18. The Kier molecular flexibility index (Phi) is 1.47. The molecular formula is C9H17AsN+. The van der Waals surface area contributed by atoms with E-state index in [2.05, 4.69) is 21.1 Å². The third-order valence-corrected chi connectivity index (χ3v) is 2.34. The van der Waals surface area contributed by atoms with E-state index in [9.17, 15) is 0 Å². The Bertz CT molecular complexity index is 277. The van der Waals surface area contributed by atoms with E-state index in [1.54, 1.807) is 12.1 Å². The van der Waals surface area contributed by atoms with Gasteiger partial charge in [0.05, 0.1) is 0 Å². The molecule has 0 amide bonds. The first-order valence-electron chi connectivity index (χ1n) is 5.14. The van der Waals surface area contributed by atoms with Gasteiger partial charge in [-0.25, -0.2) is 0 Å². The Labute approximate surface area is 79.6 Å². The maximum atomic E-state index is 7.42. The van der Waals surface area contributed by atoms with E-state index >= 15 is 0 Å². The summed E-state index contributed by atoms with van der Waals surface area (Å²) in [5.74, 6) is 0. The van der Waals surface area contributed by atoms with Crippen LogP contribution in [0.15, 0.2) is 24.3 Å². The third kappa shape index (κ3) is 2.35. The van der Waals surface area contributed by atoms with Gasteiger partial charge in [-0.15, -0.1) is 0 Å². The summed E-state index contributed by atoms with van der Waals surface area (Å²) in [6.07, 6.45) is 0. The average Bonchev–Trinajstić information content (AvgIpc) is 2.01. The molecule has 0 aliphatic carbocycles. The molecule has 0 heterocycles. The van der Waals surface area contributed by atoms with Gasteiger partial charge in [-0.1, -0.05) is 0 Å². The van der Waals surface area contributed by atoms with Crippen LogP contribution in [0.1, 0.15) is 0 Å². The van der Waals surface area contributed by atoms with Crippen LogP contribution in [0.5, 0.6) is 0 Å². The fraction of sp³-hybridized carbons (Fsp3) is 0.333. The van der Waals surface area contributed by atoms with Crippen molar-refractivity contribution in [2.24, 2.45) is 0 Å². The molecule has 0 spiro atoms. The average molecular weight is 217 g/mol. The zero-order valence-corrected chi connectivity index (χ0v) is 9.35. The Morgan fingerprint density at radius 3 is 2.09 bits per heavy atom. The van der Waals surface area contributed by atoms with Gasteiger partial charge in [-0.05, 0) is 0 Å². The second-order valence-corrected chi connectivity index (χ2v) is 4.77. The van der Waals surface area contributed by atoms with Crippen LogP contribution in [0, 0.1) is 0 Å². The van der Waals surface area contributed by atoms with Gasteiger partial charge in [-0.3, -0.25) is 0 Å². The van der Waals surface area contributed by atoms with Gasteiger partial charge in [0.15, 0.2) is 0 Å². The molecule has 0 atom stereocenters. The standard InChI is InChI=1S/C9H17AsN/c1-11(2,3)9-6-4-8(10)5-7-9/h4-7H,1-3H3,10H4/q+1/i10D3. The van der Waals surface area contributed by atoms with E-state index in [1.165, 1.54) is 0 Å². The third-order valence-electron chi connectivity index (χ3n) is 1.64. The molecule has 0 aliphatic heterocycles. The Morgan fingerprint density at radius 1 is 1.18 bits per heavy atom. The van der Waals surface area contributed by atoms with E-state index < -0.39 is 16.4 Å². The minimum atomic E-state index is -3.85. The van der Waals surface area contributed by atoms with Crippen molar-refractivity contribution in [1.29, 1.82) is 2.73 Å². The van der Waals surface area contributed by atoms with Gasteiger partial charge in [0.25, 0.3) is 0 Å². The van der Waals surface area contributed by atoms with E-state index in [0.29, 0.717) is 8.83 Å². The van der Waals surface area contributed by atoms with Crippen molar-refractivity contribution in [3.05, 3.63) is 24.3 Å². The molecule has 1 nitrogen and oxygen atoms in total. The van der Waals surface area contributed by atoms with Crippen molar-refractivity contribution in [1.82, 2.24) is 4.48 Å². The number of quaternary nitrogens is 1. The summed E-state index contributed by atoms with van der Waals surface area (Å²) in [5, 5.41) is 0. The normalized spacial score (nSPS) is 18.3. The summed E-state index contributed by atoms with van der Waals surface area (Å²) in [6, 6.07) is 7.33. The Morgan fingerprint density at radius 2 is 1.73 bits per heavy atom. The molecule has 0 saturated carbocycles. The maximum absolute atomic E-state index is 7.42. The van der Waals surface area contributed by atoms with Crippen molar-refractivity contribution >= 4 is 26.5 Å². The summed E-state index contributed by atoms with van der Waals surface area (Å²) < 4.78 is 23.5. The van der Waals surface area contributed by atoms with E-state index in [1.807, 2.05) is 12.1 Å². The van der Waals surface area contributed by atoms with Crippen LogP contribution in [0.4, 0.5) is 5.69 Å². The first-order chi connectivity index (χ1) is 6.21. The molecule has 0 unspecified atom stereocenters. The van der Waals surface area contributed by atoms with Crippen LogP contribution < -0.4 is 8.83 Å². The molecule has 0 aliphatic rings. The van der Waals surface area contributed by atoms with E-state index in [0.717, 1.165) is 5.69 Å². The molecule has 0 radical (unpaired) electrons. The van der Waals surface area contributed by atoms with Crippen molar-refractivity contribution in [3.8, 4) is 0 Å². The number of rotatable bonds is 2. The van der Waals surface area contributed by atoms with Crippen LogP contribution in [-0.2, 0) is 0 Å². The Balaban J connectivity index is 3.02. The Hall–Kier alpha value is -0.262. The van der Waals surface area contributed by atoms with Gasteiger partial charge in [0, 0.05) is 0 Å². The number of benzene rings is 1. The molecule has 0 aromatic heterocycles. The second-order valence-electron chi connectivity index (χ2n) is 3.56.